The van der Waals surface area contributed by atoms with Crippen LogP contribution < -0.4 is 10.6 Å². The van der Waals surface area contributed by atoms with Gasteiger partial charge < -0.3 is 15.4 Å². The van der Waals surface area contributed by atoms with Crippen LogP contribution in [0.3, 0.4) is 0 Å². The lowest BCUT2D eigenvalue weighted by Gasteiger charge is -2.32. The van der Waals surface area contributed by atoms with Crippen LogP contribution >= 0.6 is 11.8 Å². The Hall–Kier alpha value is -0.750. The summed E-state index contributed by atoms with van der Waals surface area (Å²) in [4.78, 5) is 6.41. The fourth-order valence-corrected chi connectivity index (χ4v) is 4.10. The molecule has 2 saturated heterocycles. The second-order valence-electron chi connectivity index (χ2n) is 5.70. The van der Waals surface area contributed by atoms with Crippen LogP contribution in [-0.2, 0) is 11.3 Å². The Morgan fingerprint density at radius 2 is 2.10 bits per heavy atom. The summed E-state index contributed by atoms with van der Waals surface area (Å²) >= 11 is 1.79. The van der Waals surface area contributed by atoms with Crippen LogP contribution in [0, 0.1) is 0 Å². The Morgan fingerprint density at radius 1 is 1.29 bits per heavy atom. The molecule has 0 saturated carbocycles. The second kappa shape index (κ2) is 7.01. The normalized spacial score (nSPS) is 23.7. The summed E-state index contributed by atoms with van der Waals surface area (Å²) in [6, 6.07) is 7.22. The minimum atomic E-state index is 0.616. The number of ether oxygens (including phenoxy) is 1. The highest BCUT2D eigenvalue weighted by molar-refractivity contribution is 7.98. The molecule has 0 aliphatic carbocycles. The molecule has 1 unspecified atom stereocenters. The highest BCUT2D eigenvalue weighted by atomic mass is 32.2. The molecule has 0 radical (unpaired) electrons. The second-order valence-corrected chi connectivity index (χ2v) is 6.55. The Kier molecular flexibility index (Phi) is 5.06. The molecular weight excluding hydrogens is 282 g/mol. The highest BCUT2D eigenvalue weighted by Crippen LogP contribution is 2.32. The molecule has 1 aromatic rings. The fourth-order valence-electron chi connectivity index (χ4n) is 3.45. The minimum Gasteiger partial charge on any atom is -0.379 e. The van der Waals surface area contributed by atoms with E-state index in [1.54, 1.807) is 11.8 Å². The maximum Gasteiger partial charge on any atom is 0.0594 e. The molecule has 116 valence electrons. The van der Waals surface area contributed by atoms with Gasteiger partial charge in [0, 0.05) is 54.9 Å². The van der Waals surface area contributed by atoms with Crippen molar-refractivity contribution in [2.75, 3.05) is 50.5 Å². The molecule has 21 heavy (non-hydrogen) atoms. The topological polar surface area (TPSA) is 41.7 Å². The Balaban J connectivity index is 1.73. The summed E-state index contributed by atoms with van der Waals surface area (Å²) in [7, 11) is 0. The van der Waals surface area contributed by atoms with Crippen LogP contribution in [0.5, 0.6) is 0 Å². The number of hydrogen-bond donors (Lipinski definition) is 1. The summed E-state index contributed by atoms with van der Waals surface area (Å²) in [6.07, 6.45) is 3.37. The molecule has 1 atom stereocenters. The van der Waals surface area contributed by atoms with Gasteiger partial charge in [-0.25, -0.2) is 0 Å². The third-order valence-corrected chi connectivity index (χ3v) is 5.42. The number of nitrogens with zero attached hydrogens (tertiary/aromatic N) is 2. The third-order valence-electron chi connectivity index (χ3n) is 4.60. The summed E-state index contributed by atoms with van der Waals surface area (Å²) in [6.45, 7) is 6.78. The van der Waals surface area contributed by atoms with Gasteiger partial charge in [0.05, 0.1) is 13.2 Å². The van der Waals surface area contributed by atoms with Gasteiger partial charge in [0.2, 0.25) is 0 Å². The van der Waals surface area contributed by atoms with Crippen molar-refractivity contribution >= 4 is 17.4 Å². The average Bonchev–Trinajstić information content (AvgIpc) is 3.04. The van der Waals surface area contributed by atoms with Gasteiger partial charge in [0.15, 0.2) is 0 Å². The fraction of sp³-hybridized carbons (Fsp3) is 0.625. The van der Waals surface area contributed by atoms with Gasteiger partial charge >= 0.3 is 0 Å². The van der Waals surface area contributed by atoms with Crippen LogP contribution in [0.1, 0.15) is 12.0 Å². The number of morpholine rings is 1. The first kappa shape index (κ1) is 15.2. The summed E-state index contributed by atoms with van der Waals surface area (Å²) in [5.74, 6) is 0. The van der Waals surface area contributed by atoms with E-state index in [2.05, 4.69) is 34.3 Å². The lowest BCUT2D eigenvalue weighted by atomic mass is 10.1. The number of hydrogen-bond acceptors (Lipinski definition) is 5. The van der Waals surface area contributed by atoms with E-state index in [0.29, 0.717) is 12.6 Å². The predicted octanol–water partition coefficient (Wildman–Crippen LogP) is 1.78. The summed E-state index contributed by atoms with van der Waals surface area (Å²) in [5.41, 5.74) is 8.64. The lowest BCUT2D eigenvalue weighted by molar-refractivity contribution is 0.0209. The van der Waals surface area contributed by atoms with Crippen molar-refractivity contribution in [2.24, 2.45) is 5.73 Å². The monoisotopic (exact) mass is 307 g/mol. The van der Waals surface area contributed by atoms with Crippen LogP contribution in [0.15, 0.2) is 23.1 Å². The molecule has 0 amide bonds. The molecule has 5 heteroatoms. The van der Waals surface area contributed by atoms with Crippen LogP contribution in [0.4, 0.5) is 5.69 Å². The summed E-state index contributed by atoms with van der Waals surface area (Å²) < 4.78 is 5.46. The van der Waals surface area contributed by atoms with E-state index in [1.165, 1.54) is 22.6 Å². The highest BCUT2D eigenvalue weighted by Gasteiger charge is 2.29. The van der Waals surface area contributed by atoms with Crippen molar-refractivity contribution in [3.8, 4) is 0 Å². The Morgan fingerprint density at radius 3 is 2.81 bits per heavy atom. The zero-order chi connectivity index (χ0) is 14.7. The number of thioether (sulfide) groups is 1. The molecule has 2 aliphatic rings. The Labute approximate surface area is 131 Å². The van der Waals surface area contributed by atoms with Crippen LogP contribution in [0.2, 0.25) is 0 Å². The van der Waals surface area contributed by atoms with Gasteiger partial charge in [0.1, 0.15) is 0 Å². The summed E-state index contributed by atoms with van der Waals surface area (Å²) in [5, 5.41) is 0. The van der Waals surface area contributed by atoms with Gasteiger partial charge in [-0.3, -0.25) is 4.90 Å². The largest absolute Gasteiger partial charge is 0.379 e. The molecule has 4 nitrogen and oxygen atoms in total. The van der Waals surface area contributed by atoms with E-state index < -0.39 is 0 Å². The number of nitrogens with two attached hydrogens (primary N) is 1. The Bertz CT molecular complexity index is 477. The van der Waals surface area contributed by atoms with Gasteiger partial charge in [-0.1, -0.05) is 6.07 Å². The molecular formula is C16H25N3OS. The maximum absolute atomic E-state index is 6.01. The number of benzene rings is 1. The molecule has 1 aromatic carbocycles. The van der Waals surface area contributed by atoms with E-state index >= 15 is 0 Å². The van der Waals surface area contributed by atoms with Crippen molar-refractivity contribution in [1.29, 1.82) is 0 Å². The predicted molar refractivity (Wildman–Crippen MR) is 89.1 cm³/mol. The zero-order valence-electron chi connectivity index (χ0n) is 12.8. The van der Waals surface area contributed by atoms with Crippen molar-refractivity contribution in [3.63, 3.8) is 0 Å². The first-order valence-electron chi connectivity index (χ1n) is 7.76. The SMILES string of the molecule is CSc1cccc(N2CCC(N3CCOCC3)C2)c1CN. The lowest BCUT2D eigenvalue weighted by Crippen LogP contribution is -2.44. The first-order valence-corrected chi connectivity index (χ1v) is 8.98. The van der Waals surface area contributed by atoms with Gasteiger partial charge in [0.25, 0.3) is 0 Å². The first-order chi connectivity index (χ1) is 10.3. The average molecular weight is 307 g/mol. The van der Waals surface area contributed by atoms with Crippen molar-refractivity contribution in [1.82, 2.24) is 4.90 Å². The third kappa shape index (κ3) is 3.21. The number of anilines is 1. The van der Waals surface area contributed by atoms with Crippen molar-refractivity contribution < 1.29 is 4.74 Å². The maximum atomic E-state index is 6.01. The van der Waals surface area contributed by atoms with E-state index in [4.69, 9.17) is 10.5 Å². The minimum absolute atomic E-state index is 0.616. The molecule has 0 aromatic heterocycles. The molecule has 3 rings (SSSR count). The zero-order valence-corrected chi connectivity index (χ0v) is 13.6. The molecule has 0 bridgehead atoms. The molecule has 2 heterocycles. The molecule has 2 aliphatic heterocycles. The van der Waals surface area contributed by atoms with Gasteiger partial charge in [-0.15, -0.1) is 11.8 Å². The molecule has 0 spiro atoms. The smallest absolute Gasteiger partial charge is 0.0594 e. The van der Waals surface area contributed by atoms with Gasteiger partial charge in [-0.2, -0.15) is 0 Å². The van der Waals surface area contributed by atoms with E-state index in [1.807, 2.05) is 0 Å². The van der Waals surface area contributed by atoms with E-state index in [0.717, 1.165) is 39.4 Å². The van der Waals surface area contributed by atoms with Crippen molar-refractivity contribution in [3.05, 3.63) is 23.8 Å². The molecule has 2 N–H and O–H groups in total. The van der Waals surface area contributed by atoms with Gasteiger partial charge in [-0.05, 0) is 24.8 Å². The van der Waals surface area contributed by atoms with E-state index in [9.17, 15) is 0 Å². The number of rotatable bonds is 4. The quantitative estimate of drug-likeness (QED) is 0.859. The van der Waals surface area contributed by atoms with E-state index in [-0.39, 0.29) is 0 Å². The van der Waals surface area contributed by atoms with Crippen molar-refractivity contribution in [2.45, 2.75) is 23.9 Å². The van der Waals surface area contributed by atoms with Crippen LogP contribution in [0.25, 0.3) is 0 Å². The standard InChI is InChI=1S/C16H25N3OS/c1-21-16-4-2-3-15(14(16)11-17)19-6-5-13(12-19)18-7-9-20-10-8-18/h2-4,13H,5-12,17H2,1H3. The van der Waals surface area contributed by atoms with Crippen LogP contribution in [-0.4, -0.2) is 56.6 Å². The molecule has 2 fully saturated rings.